The second-order valence-corrected chi connectivity index (χ2v) is 5.81. The maximum atomic E-state index is 11.9. The first-order valence-corrected chi connectivity index (χ1v) is 6.28. The van der Waals surface area contributed by atoms with E-state index in [4.69, 9.17) is 4.74 Å². The quantitative estimate of drug-likeness (QED) is 0.680. The van der Waals surface area contributed by atoms with Gasteiger partial charge in [-0.25, -0.2) is 8.42 Å². The molecule has 0 bridgehead atoms. The highest BCUT2D eigenvalue weighted by Gasteiger charge is 2.29. The van der Waals surface area contributed by atoms with Gasteiger partial charge in [0.05, 0.1) is 11.9 Å². The van der Waals surface area contributed by atoms with Crippen LogP contribution >= 0.6 is 0 Å². The summed E-state index contributed by atoms with van der Waals surface area (Å²) >= 11 is 0. The smallest absolute Gasteiger partial charge is 0.219 e. The van der Waals surface area contributed by atoms with E-state index in [1.807, 2.05) is 0 Å². The van der Waals surface area contributed by atoms with Crippen molar-refractivity contribution < 1.29 is 13.2 Å². The average Bonchev–Trinajstić information content (AvgIpc) is 2.19. The molecule has 1 N–H and O–H groups in total. The van der Waals surface area contributed by atoms with Crippen molar-refractivity contribution in [3.63, 3.8) is 0 Å². The topological polar surface area (TPSA) is 58.6 Å². The highest BCUT2D eigenvalue weighted by Crippen LogP contribution is 2.09. The van der Waals surface area contributed by atoms with Crippen molar-refractivity contribution in [2.75, 3.05) is 39.9 Å². The first-order valence-electron chi connectivity index (χ1n) is 4.77. The van der Waals surface area contributed by atoms with Gasteiger partial charge in [0.1, 0.15) is 0 Å². The largest absolute Gasteiger partial charge is 0.383 e. The van der Waals surface area contributed by atoms with Crippen LogP contribution in [-0.4, -0.2) is 57.9 Å². The Hall–Kier alpha value is -0.170. The lowest BCUT2D eigenvalue weighted by atomic mass is 10.4. The van der Waals surface area contributed by atoms with E-state index in [1.165, 1.54) is 11.4 Å². The van der Waals surface area contributed by atoms with Gasteiger partial charge in [-0.2, -0.15) is 4.31 Å². The van der Waals surface area contributed by atoms with Crippen LogP contribution < -0.4 is 5.32 Å². The van der Waals surface area contributed by atoms with Crippen molar-refractivity contribution in [2.24, 2.45) is 0 Å². The lowest BCUT2D eigenvalue weighted by Gasteiger charge is -2.29. The number of nitrogens with zero attached hydrogens (tertiary/aromatic N) is 1. The molecule has 0 amide bonds. The number of sulfonamides is 1. The molecule has 84 valence electrons. The molecule has 0 aromatic rings. The third-order valence-corrected chi connectivity index (χ3v) is 4.58. The molecular weight excluding hydrogens is 204 g/mol. The van der Waals surface area contributed by atoms with Crippen molar-refractivity contribution in [3.8, 4) is 0 Å². The molecule has 6 heteroatoms. The maximum absolute atomic E-state index is 11.9. The Morgan fingerprint density at radius 1 is 1.43 bits per heavy atom. The summed E-state index contributed by atoms with van der Waals surface area (Å²) in [5, 5.41) is 2.67. The van der Waals surface area contributed by atoms with Gasteiger partial charge in [0, 0.05) is 33.3 Å². The molecule has 1 saturated heterocycles. The highest BCUT2D eigenvalue weighted by molar-refractivity contribution is 7.89. The van der Waals surface area contributed by atoms with Gasteiger partial charge in [0.25, 0.3) is 0 Å². The van der Waals surface area contributed by atoms with Gasteiger partial charge >= 0.3 is 0 Å². The monoisotopic (exact) mass is 222 g/mol. The zero-order valence-corrected chi connectivity index (χ0v) is 9.51. The zero-order chi connectivity index (χ0) is 10.6. The Bertz CT molecular complexity index is 260. The number of methoxy groups -OCH3 is 1. The molecule has 0 spiro atoms. The Morgan fingerprint density at radius 3 is 2.50 bits per heavy atom. The Labute approximate surface area is 85.5 Å². The predicted molar refractivity (Wildman–Crippen MR) is 54.7 cm³/mol. The van der Waals surface area contributed by atoms with Gasteiger partial charge in [0.2, 0.25) is 10.0 Å². The van der Waals surface area contributed by atoms with E-state index in [0.29, 0.717) is 13.1 Å². The molecule has 1 atom stereocenters. The maximum Gasteiger partial charge on any atom is 0.219 e. The molecule has 14 heavy (non-hydrogen) atoms. The van der Waals surface area contributed by atoms with Crippen molar-refractivity contribution in [3.05, 3.63) is 0 Å². The summed E-state index contributed by atoms with van der Waals surface area (Å²) in [4.78, 5) is 0. The van der Waals surface area contributed by atoms with Crippen LogP contribution in [0.4, 0.5) is 0 Å². The van der Waals surface area contributed by atoms with E-state index in [9.17, 15) is 8.42 Å². The van der Waals surface area contributed by atoms with Crippen molar-refractivity contribution in [1.82, 2.24) is 9.62 Å². The molecule has 1 fully saturated rings. The lowest BCUT2D eigenvalue weighted by Crippen LogP contribution is -2.49. The summed E-state index contributed by atoms with van der Waals surface area (Å²) in [6.07, 6.45) is 0. The third kappa shape index (κ3) is 2.66. The number of nitrogens with one attached hydrogen (secondary N) is 1. The fourth-order valence-corrected chi connectivity index (χ4v) is 2.98. The van der Waals surface area contributed by atoms with Gasteiger partial charge in [-0.3, -0.25) is 0 Å². The Morgan fingerprint density at radius 2 is 2.00 bits per heavy atom. The first-order chi connectivity index (χ1) is 6.59. The standard InChI is InChI=1S/C8H18N2O3S/c1-8(7-13-2)14(11,12)10-5-3-9-4-6-10/h8-9H,3-7H2,1-2H3/t8-/m1/s1. The number of ether oxygens (including phenoxy) is 1. The molecule has 1 heterocycles. The fraction of sp³-hybridized carbons (Fsp3) is 1.00. The van der Waals surface area contributed by atoms with E-state index in [2.05, 4.69) is 5.32 Å². The normalized spacial score (nSPS) is 22.1. The average molecular weight is 222 g/mol. The molecule has 0 aromatic carbocycles. The van der Waals surface area contributed by atoms with E-state index >= 15 is 0 Å². The van der Waals surface area contributed by atoms with Crippen LogP contribution in [0.1, 0.15) is 6.92 Å². The molecular formula is C8H18N2O3S. The van der Waals surface area contributed by atoms with Crippen LogP contribution in [0.25, 0.3) is 0 Å². The van der Waals surface area contributed by atoms with E-state index in [0.717, 1.165) is 13.1 Å². The molecule has 0 aromatic heterocycles. The molecule has 5 nitrogen and oxygen atoms in total. The van der Waals surface area contributed by atoms with Crippen LogP contribution in [0, 0.1) is 0 Å². The van der Waals surface area contributed by atoms with Crippen LogP contribution in [0.2, 0.25) is 0 Å². The van der Waals surface area contributed by atoms with E-state index < -0.39 is 15.3 Å². The summed E-state index contributed by atoms with van der Waals surface area (Å²) in [7, 11) is -1.64. The zero-order valence-electron chi connectivity index (χ0n) is 8.69. The van der Waals surface area contributed by atoms with Crippen LogP contribution in [0.3, 0.4) is 0 Å². The molecule has 1 rings (SSSR count). The molecule has 0 saturated carbocycles. The molecule has 1 aliphatic heterocycles. The fourth-order valence-electron chi connectivity index (χ4n) is 1.47. The molecule has 0 aliphatic carbocycles. The van der Waals surface area contributed by atoms with Crippen LogP contribution in [0.5, 0.6) is 0 Å². The number of rotatable bonds is 4. The molecule has 0 unspecified atom stereocenters. The number of piperazine rings is 1. The second-order valence-electron chi connectivity index (χ2n) is 3.46. The van der Waals surface area contributed by atoms with Crippen molar-refractivity contribution in [2.45, 2.75) is 12.2 Å². The minimum Gasteiger partial charge on any atom is -0.383 e. The molecule has 0 radical (unpaired) electrons. The van der Waals surface area contributed by atoms with Crippen molar-refractivity contribution in [1.29, 1.82) is 0 Å². The minimum absolute atomic E-state index is 0.256. The lowest BCUT2D eigenvalue weighted by molar-refractivity contribution is 0.197. The SMILES string of the molecule is COC[C@@H](C)S(=O)(=O)N1CCNCC1. The Balaban J connectivity index is 2.62. The number of hydrogen-bond donors (Lipinski definition) is 1. The second kappa shape index (κ2) is 5.06. The van der Waals surface area contributed by atoms with E-state index in [1.54, 1.807) is 6.92 Å². The number of hydrogen-bond acceptors (Lipinski definition) is 4. The highest BCUT2D eigenvalue weighted by atomic mass is 32.2. The van der Waals surface area contributed by atoms with Gasteiger partial charge in [-0.05, 0) is 6.92 Å². The minimum atomic E-state index is -3.16. The van der Waals surface area contributed by atoms with Gasteiger partial charge < -0.3 is 10.1 Å². The van der Waals surface area contributed by atoms with Gasteiger partial charge in [-0.15, -0.1) is 0 Å². The van der Waals surface area contributed by atoms with Crippen molar-refractivity contribution >= 4 is 10.0 Å². The summed E-state index contributed by atoms with van der Waals surface area (Å²) in [6.45, 7) is 4.54. The summed E-state index contributed by atoms with van der Waals surface area (Å²) in [6, 6.07) is 0. The summed E-state index contributed by atoms with van der Waals surface area (Å²) in [5.41, 5.74) is 0. The van der Waals surface area contributed by atoms with E-state index in [-0.39, 0.29) is 6.61 Å². The first kappa shape index (κ1) is 11.9. The summed E-state index contributed by atoms with van der Waals surface area (Å²) in [5.74, 6) is 0. The van der Waals surface area contributed by atoms with Gasteiger partial charge in [0.15, 0.2) is 0 Å². The third-order valence-electron chi connectivity index (χ3n) is 2.35. The summed E-state index contributed by atoms with van der Waals surface area (Å²) < 4.78 is 30.2. The predicted octanol–water partition coefficient (Wildman–Crippen LogP) is -0.744. The van der Waals surface area contributed by atoms with Crippen LogP contribution in [-0.2, 0) is 14.8 Å². The molecule has 1 aliphatic rings. The van der Waals surface area contributed by atoms with Crippen LogP contribution in [0.15, 0.2) is 0 Å². The van der Waals surface area contributed by atoms with Gasteiger partial charge in [-0.1, -0.05) is 0 Å². The Kier molecular flexibility index (Phi) is 4.31.